The van der Waals surface area contributed by atoms with E-state index < -0.39 is 35.5 Å². The molecule has 7 heteroatoms. The SMILES string of the molecule is C[C@H](c1cc(F)cc(F)c1)N(C(=O)c1ccc(OC2CC2)cc1)[C@@H](C(N)=O)c1ccccc1. The average molecular weight is 450 g/mol. The van der Waals surface area contributed by atoms with Gasteiger partial charge in [-0.15, -0.1) is 0 Å². The van der Waals surface area contributed by atoms with Gasteiger partial charge in [-0.05, 0) is 67.3 Å². The molecule has 2 atom stereocenters. The molecule has 1 saturated carbocycles. The van der Waals surface area contributed by atoms with Gasteiger partial charge in [-0.3, -0.25) is 9.59 Å². The van der Waals surface area contributed by atoms with E-state index in [2.05, 4.69) is 0 Å². The van der Waals surface area contributed by atoms with Gasteiger partial charge in [-0.1, -0.05) is 30.3 Å². The maximum absolute atomic E-state index is 14.0. The molecule has 2 N–H and O–H groups in total. The summed E-state index contributed by atoms with van der Waals surface area (Å²) in [5.41, 5.74) is 6.74. The fourth-order valence-corrected chi connectivity index (χ4v) is 3.79. The lowest BCUT2D eigenvalue weighted by Crippen LogP contribution is -2.43. The topological polar surface area (TPSA) is 72.6 Å². The molecule has 1 aliphatic rings. The maximum Gasteiger partial charge on any atom is 0.255 e. The summed E-state index contributed by atoms with van der Waals surface area (Å²) < 4.78 is 33.7. The quantitative estimate of drug-likeness (QED) is 0.529. The molecule has 2 amide bonds. The van der Waals surface area contributed by atoms with E-state index >= 15 is 0 Å². The number of halogens is 2. The fourth-order valence-electron chi connectivity index (χ4n) is 3.79. The van der Waals surface area contributed by atoms with Crippen LogP contribution < -0.4 is 10.5 Å². The van der Waals surface area contributed by atoms with Gasteiger partial charge in [0, 0.05) is 11.6 Å². The first-order valence-corrected chi connectivity index (χ1v) is 10.7. The molecular weight excluding hydrogens is 426 g/mol. The number of amides is 2. The highest BCUT2D eigenvalue weighted by molar-refractivity contribution is 5.98. The van der Waals surface area contributed by atoms with Crippen LogP contribution in [0.5, 0.6) is 5.75 Å². The smallest absolute Gasteiger partial charge is 0.255 e. The van der Waals surface area contributed by atoms with Crippen LogP contribution in [0.3, 0.4) is 0 Å². The van der Waals surface area contributed by atoms with Crippen molar-refractivity contribution in [2.24, 2.45) is 5.73 Å². The van der Waals surface area contributed by atoms with Crippen molar-refractivity contribution in [2.45, 2.75) is 38.0 Å². The first-order valence-electron chi connectivity index (χ1n) is 10.7. The van der Waals surface area contributed by atoms with E-state index in [0.29, 0.717) is 16.9 Å². The van der Waals surface area contributed by atoms with Crippen molar-refractivity contribution < 1.29 is 23.1 Å². The second-order valence-electron chi connectivity index (χ2n) is 8.15. The Morgan fingerprint density at radius 1 is 0.939 bits per heavy atom. The highest BCUT2D eigenvalue weighted by Gasteiger charge is 2.35. The van der Waals surface area contributed by atoms with Crippen LogP contribution in [0.1, 0.15) is 53.3 Å². The Hall–Kier alpha value is -3.74. The van der Waals surface area contributed by atoms with Gasteiger partial charge in [-0.2, -0.15) is 0 Å². The van der Waals surface area contributed by atoms with Crippen molar-refractivity contribution in [2.75, 3.05) is 0 Å². The van der Waals surface area contributed by atoms with Crippen molar-refractivity contribution in [1.82, 2.24) is 4.90 Å². The zero-order valence-corrected chi connectivity index (χ0v) is 18.1. The predicted molar refractivity (Wildman–Crippen MR) is 119 cm³/mol. The summed E-state index contributed by atoms with van der Waals surface area (Å²) in [4.78, 5) is 27.5. The first kappa shape index (κ1) is 22.5. The Kier molecular flexibility index (Phi) is 6.40. The molecule has 1 fully saturated rings. The molecular formula is C26H24F2N2O3. The number of benzene rings is 3. The van der Waals surface area contributed by atoms with Crippen LogP contribution in [0.2, 0.25) is 0 Å². The number of hydrogen-bond donors (Lipinski definition) is 1. The Morgan fingerprint density at radius 2 is 1.55 bits per heavy atom. The van der Waals surface area contributed by atoms with Gasteiger partial charge in [0.15, 0.2) is 0 Å². The lowest BCUT2D eigenvalue weighted by molar-refractivity contribution is -0.123. The van der Waals surface area contributed by atoms with Gasteiger partial charge in [-0.25, -0.2) is 8.78 Å². The molecule has 0 aromatic heterocycles. The number of rotatable bonds is 8. The van der Waals surface area contributed by atoms with Crippen LogP contribution >= 0.6 is 0 Å². The number of primary amides is 1. The van der Waals surface area contributed by atoms with Crippen molar-refractivity contribution >= 4 is 11.8 Å². The molecule has 3 aromatic carbocycles. The summed E-state index contributed by atoms with van der Waals surface area (Å²) >= 11 is 0. The lowest BCUT2D eigenvalue weighted by Gasteiger charge is -2.35. The summed E-state index contributed by atoms with van der Waals surface area (Å²) in [6, 6.07) is 16.2. The third kappa shape index (κ3) is 5.19. The van der Waals surface area contributed by atoms with E-state index in [9.17, 15) is 18.4 Å². The van der Waals surface area contributed by atoms with Crippen LogP contribution in [-0.2, 0) is 4.79 Å². The zero-order chi connectivity index (χ0) is 23.5. The molecule has 0 spiro atoms. The summed E-state index contributed by atoms with van der Waals surface area (Å²) in [5.74, 6) is -2.16. The van der Waals surface area contributed by atoms with Crippen LogP contribution in [0.25, 0.3) is 0 Å². The number of nitrogens with zero attached hydrogens (tertiary/aromatic N) is 1. The van der Waals surface area contributed by atoms with E-state index in [1.807, 2.05) is 0 Å². The van der Waals surface area contributed by atoms with Crippen molar-refractivity contribution in [3.8, 4) is 5.75 Å². The molecule has 5 nitrogen and oxygen atoms in total. The van der Waals surface area contributed by atoms with E-state index in [-0.39, 0.29) is 11.7 Å². The first-order chi connectivity index (χ1) is 15.8. The number of carbonyl (C=O) groups excluding carboxylic acids is 2. The molecule has 0 bridgehead atoms. The maximum atomic E-state index is 14.0. The Morgan fingerprint density at radius 3 is 2.09 bits per heavy atom. The number of hydrogen-bond acceptors (Lipinski definition) is 3. The molecule has 0 aliphatic heterocycles. The van der Waals surface area contributed by atoms with E-state index in [0.717, 1.165) is 31.0 Å². The molecule has 0 radical (unpaired) electrons. The molecule has 33 heavy (non-hydrogen) atoms. The number of nitrogens with two attached hydrogens (primary N) is 1. The minimum atomic E-state index is -1.15. The summed E-state index contributed by atoms with van der Waals surface area (Å²) in [6.45, 7) is 1.61. The summed E-state index contributed by atoms with van der Waals surface area (Å²) in [6.07, 6.45) is 2.23. The van der Waals surface area contributed by atoms with Gasteiger partial charge in [0.2, 0.25) is 5.91 Å². The van der Waals surface area contributed by atoms with Gasteiger partial charge in [0.1, 0.15) is 23.4 Å². The molecule has 4 rings (SSSR count). The molecule has 0 unspecified atom stereocenters. The van der Waals surface area contributed by atoms with Crippen LogP contribution in [0.15, 0.2) is 72.8 Å². The van der Waals surface area contributed by atoms with Crippen molar-refractivity contribution in [1.29, 1.82) is 0 Å². The van der Waals surface area contributed by atoms with Gasteiger partial charge < -0.3 is 15.4 Å². The van der Waals surface area contributed by atoms with E-state index in [1.54, 1.807) is 61.5 Å². The fraction of sp³-hybridized carbons (Fsp3) is 0.231. The Labute approximate surface area is 190 Å². The van der Waals surface area contributed by atoms with Gasteiger partial charge in [0.05, 0.1) is 12.1 Å². The number of carbonyl (C=O) groups is 2. The number of ether oxygens (including phenoxy) is 1. The molecule has 170 valence electrons. The molecule has 3 aromatic rings. The predicted octanol–water partition coefficient (Wildman–Crippen LogP) is 4.94. The summed E-state index contributed by atoms with van der Waals surface area (Å²) in [5, 5.41) is 0. The average Bonchev–Trinajstić information content (AvgIpc) is 3.61. The summed E-state index contributed by atoms with van der Waals surface area (Å²) in [7, 11) is 0. The lowest BCUT2D eigenvalue weighted by atomic mass is 9.97. The highest BCUT2D eigenvalue weighted by atomic mass is 19.1. The highest BCUT2D eigenvalue weighted by Crippen LogP contribution is 2.34. The van der Waals surface area contributed by atoms with Crippen LogP contribution in [0.4, 0.5) is 8.78 Å². The molecule has 1 aliphatic carbocycles. The van der Waals surface area contributed by atoms with Gasteiger partial charge >= 0.3 is 0 Å². The normalized spacial score (nSPS) is 14.9. The standard InChI is InChI=1S/C26H24F2N2O3/c1-16(19-13-20(27)15-21(28)14-19)30(24(25(29)31)17-5-3-2-4-6-17)26(32)18-7-9-22(10-8-18)33-23-11-12-23/h2-10,13-16,23-24H,11-12H2,1H3,(H2,29,31)/t16-,24-/m1/s1. The second-order valence-corrected chi connectivity index (χ2v) is 8.15. The molecule has 0 heterocycles. The minimum absolute atomic E-state index is 0.205. The monoisotopic (exact) mass is 450 g/mol. The zero-order valence-electron chi connectivity index (χ0n) is 18.1. The Balaban J connectivity index is 1.75. The molecule has 0 saturated heterocycles. The minimum Gasteiger partial charge on any atom is -0.490 e. The van der Waals surface area contributed by atoms with Crippen LogP contribution in [0, 0.1) is 11.6 Å². The van der Waals surface area contributed by atoms with Gasteiger partial charge in [0.25, 0.3) is 5.91 Å². The third-order valence-corrected chi connectivity index (χ3v) is 5.61. The van der Waals surface area contributed by atoms with Crippen LogP contribution in [-0.4, -0.2) is 22.8 Å². The van der Waals surface area contributed by atoms with E-state index in [4.69, 9.17) is 10.5 Å². The second kappa shape index (κ2) is 9.40. The van der Waals surface area contributed by atoms with E-state index in [1.165, 1.54) is 4.90 Å². The van der Waals surface area contributed by atoms with Crippen molar-refractivity contribution in [3.05, 3.63) is 101 Å². The Bertz CT molecular complexity index is 1130. The largest absolute Gasteiger partial charge is 0.490 e. The third-order valence-electron chi connectivity index (χ3n) is 5.61. The van der Waals surface area contributed by atoms with Crippen molar-refractivity contribution in [3.63, 3.8) is 0 Å².